The molecule has 29 heavy (non-hydrogen) atoms. The predicted octanol–water partition coefficient (Wildman–Crippen LogP) is 4.79. The molecule has 2 aromatic carbocycles. The topological polar surface area (TPSA) is 64.4 Å². The first-order valence-electron chi connectivity index (χ1n) is 9.75. The van der Waals surface area contributed by atoms with Crippen molar-refractivity contribution in [1.29, 1.82) is 0 Å². The quantitative estimate of drug-likeness (QED) is 0.407. The number of nitrogens with one attached hydrogen (secondary N) is 1. The number of nitrogens with zero attached hydrogens (tertiary/aromatic N) is 3. The van der Waals surface area contributed by atoms with Crippen LogP contribution in [0, 0.1) is 4.77 Å². The van der Waals surface area contributed by atoms with Gasteiger partial charge in [0.05, 0.1) is 18.9 Å². The minimum absolute atomic E-state index is 0.0742. The Hall–Kier alpha value is -2.93. The third-order valence-corrected chi connectivity index (χ3v) is 4.41. The predicted molar refractivity (Wildman–Crippen MR) is 118 cm³/mol. The van der Waals surface area contributed by atoms with Gasteiger partial charge in [-0.2, -0.15) is 14.9 Å². The Labute approximate surface area is 176 Å². The van der Waals surface area contributed by atoms with Crippen molar-refractivity contribution in [3.05, 3.63) is 70.3 Å². The van der Waals surface area contributed by atoms with Crippen molar-refractivity contribution in [2.45, 2.75) is 39.7 Å². The van der Waals surface area contributed by atoms with E-state index in [1.165, 1.54) is 5.56 Å². The second kappa shape index (κ2) is 10.0. The zero-order valence-electron chi connectivity index (χ0n) is 17.0. The number of H-pyrrole nitrogens is 1. The average molecular weight is 411 g/mol. The lowest BCUT2D eigenvalue weighted by Gasteiger charge is -2.14. The second-order valence-corrected chi connectivity index (χ2v) is 7.18. The summed E-state index contributed by atoms with van der Waals surface area (Å²) >= 11 is 5.34. The fourth-order valence-corrected chi connectivity index (χ4v) is 3.05. The minimum atomic E-state index is 0.0742. The molecule has 3 rings (SSSR count). The summed E-state index contributed by atoms with van der Waals surface area (Å²) in [5.74, 6) is 2.22. The Bertz CT molecular complexity index is 1010. The van der Waals surface area contributed by atoms with Gasteiger partial charge >= 0.3 is 0 Å². The fourth-order valence-electron chi connectivity index (χ4n) is 2.85. The lowest BCUT2D eigenvalue weighted by molar-refractivity contribution is 0.224. The standard InChI is InChI=1S/C22H26N4O2S/c1-4-27-20-14-18(10-12-19(20)28-16(2)3)15-23-26-21(24-25-22(26)29)13-11-17-8-6-5-7-9-17/h5-10,12,14-16H,4,11,13H2,1-3H3,(H,25,29)/b23-15-. The van der Waals surface area contributed by atoms with E-state index in [4.69, 9.17) is 21.7 Å². The molecule has 0 aliphatic rings. The van der Waals surface area contributed by atoms with Crippen molar-refractivity contribution < 1.29 is 9.47 Å². The Morgan fingerprint density at radius 3 is 2.66 bits per heavy atom. The van der Waals surface area contributed by atoms with Gasteiger partial charge in [-0.05, 0) is 68.7 Å². The van der Waals surface area contributed by atoms with E-state index in [1.54, 1.807) is 10.9 Å². The van der Waals surface area contributed by atoms with Crippen molar-refractivity contribution in [2.75, 3.05) is 6.61 Å². The van der Waals surface area contributed by atoms with Crippen LogP contribution in [-0.2, 0) is 12.8 Å². The number of aryl methyl sites for hydroxylation is 2. The van der Waals surface area contributed by atoms with Crippen LogP contribution >= 0.6 is 12.2 Å². The smallest absolute Gasteiger partial charge is 0.216 e. The van der Waals surface area contributed by atoms with Crippen LogP contribution < -0.4 is 9.47 Å². The van der Waals surface area contributed by atoms with Crippen LogP contribution in [0.2, 0.25) is 0 Å². The highest BCUT2D eigenvalue weighted by Gasteiger charge is 2.09. The molecule has 0 saturated heterocycles. The third-order valence-electron chi connectivity index (χ3n) is 4.15. The van der Waals surface area contributed by atoms with E-state index in [2.05, 4.69) is 27.4 Å². The molecule has 0 aliphatic carbocycles. The number of ether oxygens (including phenoxy) is 2. The maximum atomic E-state index is 5.81. The van der Waals surface area contributed by atoms with Crippen molar-refractivity contribution in [3.8, 4) is 11.5 Å². The second-order valence-electron chi connectivity index (χ2n) is 6.79. The molecule has 7 heteroatoms. The van der Waals surface area contributed by atoms with Crippen molar-refractivity contribution in [3.63, 3.8) is 0 Å². The number of aromatic amines is 1. The molecule has 0 amide bonds. The molecule has 1 aromatic heterocycles. The molecule has 0 aliphatic heterocycles. The normalized spacial score (nSPS) is 11.3. The van der Waals surface area contributed by atoms with Crippen LogP contribution in [0.25, 0.3) is 0 Å². The molecule has 1 N–H and O–H groups in total. The summed E-state index contributed by atoms with van der Waals surface area (Å²) in [6.45, 7) is 6.49. The lowest BCUT2D eigenvalue weighted by atomic mass is 10.1. The SMILES string of the molecule is CCOc1cc(/C=N\n2c(CCc3ccccc3)n[nH]c2=S)ccc1OC(C)C. The number of hydrogen-bond acceptors (Lipinski definition) is 5. The van der Waals surface area contributed by atoms with Crippen LogP contribution in [0.4, 0.5) is 0 Å². The molecule has 0 atom stereocenters. The molecule has 152 valence electrons. The maximum Gasteiger partial charge on any atom is 0.216 e. The monoisotopic (exact) mass is 410 g/mol. The minimum Gasteiger partial charge on any atom is -0.490 e. The molecule has 0 bridgehead atoms. The van der Waals surface area contributed by atoms with Gasteiger partial charge < -0.3 is 9.47 Å². The van der Waals surface area contributed by atoms with Gasteiger partial charge in [-0.3, -0.25) is 5.10 Å². The van der Waals surface area contributed by atoms with E-state index in [0.29, 0.717) is 17.1 Å². The largest absolute Gasteiger partial charge is 0.490 e. The Kier molecular flexibility index (Phi) is 7.19. The lowest BCUT2D eigenvalue weighted by Crippen LogP contribution is -2.07. The third kappa shape index (κ3) is 5.77. The first-order valence-corrected chi connectivity index (χ1v) is 10.2. The highest BCUT2D eigenvalue weighted by Crippen LogP contribution is 2.29. The molecule has 0 radical (unpaired) electrons. The van der Waals surface area contributed by atoms with Crippen molar-refractivity contribution >= 4 is 18.4 Å². The van der Waals surface area contributed by atoms with E-state index in [9.17, 15) is 0 Å². The Morgan fingerprint density at radius 2 is 1.93 bits per heavy atom. The zero-order valence-corrected chi connectivity index (χ0v) is 17.8. The summed E-state index contributed by atoms with van der Waals surface area (Å²) in [6.07, 6.45) is 3.43. The number of hydrogen-bond donors (Lipinski definition) is 1. The molecular formula is C22H26N4O2S. The molecular weight excluding hydrogens is 384 g/mol. The highest BCUT2D eigenvalue weighted by atomic mass is 32.1. The molecule has 6 nitrogen and oxygen atoms in total. The first-order chi connectivity index (χ1) is 14.1. The van der Waals surface area contributed by atoms with E-state index in [1.807, 2.05) is 57.2 Å². The van der Waals surface area contributed by atoms with Gasteiger partial charge in [-0.25, -0.2) is 0 Å². The fraction of sp³-hybridized carbons (Fsp3) is 0.318. The number of aromatic nitrogens is 3. The Balaban J connectivity index is 1.78. The van der Waals surface area contributed by atoms with E-state index >= 15 is 0 Å². The van der Waals surface area contributed by atoms with Crippen LogP contribution in [0.3, 0.4) is 0 Å². The van der Waals surface area contributed by atoms with Gasteiger partial charge in [-0.15, -0.1) is 0 Å². The molecule has 3 aromatic rings. The van der Waals surface area contributed by atoms with Crippen LogP contribution in [0.15, 0.2) is 53.6 Å². The van der Waals surface area contributed by atoms with Gasteiger partial charge in [0.2, 0.25) is 4.77 Å². The van der Waals surface area contributed by atoms with Crippen LogP contribution in [-0.4, -0.2) is 33.8 Å². The van der Waals surface area contributed by atoms with E-state index in [0.717, 1.165) is 30.0 Å². The van der Waals surface area contributed by atoms with Crippen LogP contribution in [0.1, 0.15) is 37.7 Å². The van der Waals surface area contributed by atoms with Gasteiger partial charge in [0.15, 0.2) is 17.3 Å². The summed E-state index contributed by atoms with van der Waals surface area (Å²) in [6, 6.07) is 16.0. The summed E-state index contributed by atoms with van der Waals surface area (Å²) in [4.78, 5) is 0. The van der Waals surface area contributed by atoms with Crippen molar-refractivity contribution in [1.82, 2.24) is 14.9 Å². The number of rotatable bonds is 9. The molecule has 0 unspecified atom stereocenters. The van der Waals surface area contributed by atoms with Crippen molar-refractivity contribution in [2.24, 2.45) is 5.10 Å². The van der Waals surface area contributed by atoms with E-state index < -0.39 is 0 Å². The maximum absolute atomic E-state index is 5.81. The zero-order chi connectivity index (χ0) is 20.6. The molecule has 0 fully saturated rings. The van der Waals surface area contributed by atoms with Gasteiger partial charge in [0, 0.05) is 6.42 Å². The summed E-state index contributed by atoms with van der Waals surface area (Å²) in [5, 5.41) is 11.7. The average Bonchev–Trinajstić information content (AvgIpc) is 3.06. The highest BCUT2D eigenvalue weighted by molar-refractivity contribution is 7.71. The van der Waals surface area contributed by atoms with Gasteiger partial charge in [0.1, 0.15) is 0 Å². The molecule has 0 saturated carbocycles. The molecule has 1 heterocycles. The summed E-state index contributed by atoms with van der Waals surface area (Å²) in [7, 11) is 0. The summed E-state index contributed by atoms with van der Waals surface area (Å²) < 4.78 is 13.7. The van der Waals surface area contributed by atoms with Gasteiger partial charge in [0.25, 0.3) is 0 Å². The van der Waals surface area contributed by atoms with Gasteiger partial charge in [-0.1, -0.05) is 30.3 Å². The van der Waals surface area contributed by atoms with Crippen LogP contribution in [0.5, 0.6) is 11.5 Å². The molecule has 0 spiro atoms. The number of benzene rings is 2. The Morgan fingerprint density at radius 1 is 1.14 bits per heavy atom. The first kappa shape index (κ1) is 20.8. The summed E-state index contributed by atoms with van der Waals surface area (Å²) in [5.41, 5.74) is 2.14. The van der Waals surface area contributed by atoms with E-state index in [-0.39, 0.29) is 6.10 Å².